The second-order valence-electron chi connectivity index (χ2n) is 10.1. The van der Waals surface area contributed by atoms with Crippen molar-refractivity contribution in [2.45, 2.75) is 72.0 Å². The van der Waals surface area contributed by atoms with E-state index in [1.54, 1.807) is 16.2 Å². The molecule has 2 unspecified atom stereocenters. The van der Waals surface area contributed by atoms with Gasteiger partial charge in [0.2, 0.25) is 17.7 Å². The summed E-state index contributed by atoms with van der Waals surface area (Å²) in [6.07, 6.45) is 0.721. The van der Waals surface area contributed by atoms with Crippen LogP contribution in [0.5, 0.6) is 0 Å². The number of benzene rings is 1. The summed E-state index contributed by atoms with van der Waals surface area (Å²) in [6, 6.07) is 6.47. The summed E-state index contributed by atoms with van der Waals surface area (Å²) in [5.41, 5.74) is 4.22. The van der Waals surface area contributed by atoms with Crippen LogP contribution < -0.4 is 10.6 Å². The van der Waals surface area contributed by atoms with Crippen LogP contribution in [0.2, 0.25) is 0 Å². The highest BCUT2D eigenvalue weighted by atomic mass is 32.1. The van der Waals surface area contributed by atoms with Gasteiger partial charge in [-0.2, -0.15) is 0 Å². The molecule has 1 aromatic carbocycles. The highest BCUT2D eigenvalue weighted by Crippen LogP contribution is 2.28. The van der Waals surface area contributed by atoms with Crippen LogP contribution >= 0.6 is 11.3 Å². The number of hydrogen-bond acceptors (Lipinski definition) is 6. The summed E-state index contributed by atoms with van der Waals surface area (Å²) < 4.78 is 0. The summed E-state index contributed by atoms with van der Waals surface area (Å²) in [7, 11) is 0. The van der Waals surface area contributed by atoms with E-state index in [0.717, 1.165) is 21.7 Å². The second kappa shape index (κ2) is 11.6. The monoisotopic (exact) mass is 514 g/mol. The molecule has 1 aliphatic rings. The lowest BCUT2D eigenvalue weighted by Gasteiger charge is -2.35. The first-order chi connectivity index (χ1) is 17.0. The van der Waals surface area contributed by atoms with Crippen molar-refractivity contribution in [1.82, 2.24) is 20.5 Å². The lowest BCUT2D eigenvalue weighted by Crippen LogP contribution is -2.57. The van der Waals surface area contributed by atoms with Crippen molar-refractivity contribution >= 4 is 35.0 Å². The Balaban J connectivity index is 1.62. The summed E-state index contributed by atoms with van der Waals surface area (Å²) in [5, 5.41) is 14.5. The van der Waals surface area contributed by atoms with E-state index < -0.39 is 29.4 Å². The number of thiazole rings is 1. The van der Waals surface area contributed by atoms with E-state index in [4.69, 9.17) is 5.11 Å². The highest BCUT2D eigenvalue weighted by Gasteiger charge is 2.41. The Kier molecular flexibility index (Phi) is 8.84. The van der Waals surface area contributed by atoms with Gasteiger partial charge in [0.25, 0.3) is 0 Å². The minimum Gasteiger partial charge on any atom is -0.481 e. The fraction of sp³-hybridized carbons (Fsp3) is 0.500. The molecule has 0 radical (unpaired) electrons. The number of amides is 3. The molecule has 194 valence electrons. The van der Waals surface area contributed by atoms with Crippen LogP contribution in [0.4, 0.5) is 0 Å². The lowest BCUT2D eigenvalue weighted by atomic mass is 9.85. The quantitative estimate of drug-likeness (QED) is 0.472. The Morgan fingerprint density at radius 3 is 2.44 bits per heavy atom. The first-order valence-corrected chi connectivity index (χ1v) is 12.9. The molecule has 1 aliphatic heterocycles. The SMILES string of the molecule is Cc1ncsc1-c1ccc(CNC(=O)C2CCCN2C(=O)C(NC(=O)CCC(=O)O)C(C)(C)C)cc1. The maximum atomic E-state index is 13.4. The topological polar surface area (TPSA) is 129 Å². The third-order valence-corrected chi connectivity index (χ3v) is 7.23. The number of hydrogen-bond donors (Lipinski definition) is 3. The van der Waals surface area contributed by atoms with E-state index in [1.165, 1.54) is 0 Å². The van der Waals surface area contributed by atoms with Crippen LogP contribution in [0.15, 0.2) is 29.8 Å². The molecule has 0 bridgehead atoms. The number of carbonyl (C=O) groups is 4. The number of aliphatic carboxylic acids is 1. The first-order valence-electron chi connectivity index (χ1n) is 12.1. The number of likely N-dealkylation sites (tertiary alicyclic amines) is 1. The molecular weight excluding hydrogens is 480 g/mol. The van der Waals surface area contributed by atoms with Gasteiger partial charge in [0.15, 0.2) is 0 Å². The summed E-state index contributed by atoms with van der Waals surface area (Å²) in [6.45, 7) is 8.23. The van der Waals surface area contributed by atoms with E-state index in [-0.39, 0.29) is 24.7 Å². The Morgan fingerprint density at radius 2 is 1.86 bits per heavy atom. The minimum absolute atomic E-state index is 0.208. The first kappa shape index (κ1) is 27.3. The van der Waals surface area contributed by atoms with Crippen LogP contribution in [0.1, 0.15) is 57.7 Å². The van der Waals surface area contributed by atoms with Gasteiger partial charge < -0.3 is 20.6 Å². The van der Waals surface area contributed by atoms with E-state index in [9.17, 15) is 19.2 Å². The molecule has 3 N–H and O–H groups in total. The van der Waals surface area contributed by atoms with Gasteiger partial charge in [0.05, 0.1) is 22.5 Å². The molecule has 2 heterocycles. The average Bonchev–Trinajstić information content (AvgIpc) is 3.48. The number of carbonyl (C=O) groups excluding carboxylic acids is 3. The normalized spacial score (nSPS) is 16.4. The number of carboxylic acid groups (broad SMARTS) is 1. The Labute approximate surface area is 215 Å². The molecule has 36 heavy (non-hydrogen) atoms. The molecule has 2 aromatic rings. The fourth-order valence-corrected chi connectivity index (χ4v) is 5.04. The lowest BCUT2D eigenvalue weighted by molar-refractivity contribution is -0.144. The predicted octanol–water partition coefficient (Wildman–Crippen LogP) is 3.12. The molecule has 2 atom stereocenters. The molecule has 9 nitrogen and oxygen atoms in total. The molecule has 1 saturated heterocycles. The maximum absolute atomic E-state index is 13.4. The van der Waals surface area contributed by atoms with Crippen molar-refractivity contribution in [3.8, 4) is 10.4 Å². The van der Waals surface area contributed by atoms with Gasteiger partial charge in [0.1, 0.15) is 12.1 Å². The third kappa shape index (κ3) is 6.90. The van der Waals surface area contributed by atoms with Crippen LogP contribution in [-0.4, -0.2) is 57.3 Å². The molecule has 0 spiro atoms. The Bertz CT molecular complexity index is 1110. The van der Waals surface area contributed by atoms with Gasteiger partial charge >= 0.3 is 5.97 Å². The van der Waals surface area contributed by atoms with Gasteiger partial charge in [-0.15, -0.1) is 11.3 Å². The number of aromatic nitrogens is 1. The van der Waals surface area contributed by atoms with Gasteiger partial charge in [0, 0.05) is 19.5 Å². The Hall–Kier alpha value is -3.27. The molecule has 0 aliphatic carbocycles. The van der Waals surface area contributed by atoms with Crippen molar-refractivity contribution in [3.05, 3.63) is 41.0 Å². The van der Waals surface area contributed by atoms with Crippen LogP contribution in [0.25, 0.3) is 10.4 Å². The second-order valence-corrected chi connectivity index (χ2v) is 11.0. The number of nitrogens with zero attached hydrogens (tertiary/aromatic N) is 2. The number of carboxylic acids is 1. The summed E-state index contributed by atoms with van der Waals surface area (Å²) in [4.78, 5) is 56.5. The smallest absolute Gasteiger partial charge is 0.303 e. The predicted molar refractivity (Wildman–Crippen MR) is 137 cm³/mol. The maximum Gasteiger partial charge on any atom is 0.303 e. The molecule has 3 rings (SSSR count). The Morgan fingerprint density at radius 1 is 1.17 bits per heavy atom. The zero-order chi connectivity index (χ0) is 26.5. The number of rotatable bonds is 9. The van der Waals surface area contributed by atoms with E-state index in [0.29, 0.717) is 25.9 Å². The van der Waals surface area contributed by atoms with Gasteiger partial charge in [-0.3, -0.25) is 19.2 Å². The minimum atomic E-state index is -1.08. The van der Waals surface area contributed by atoms with Crippen molar-refractivity contribution in [2.24, 2.45) is 5.41 Å². The van der Waals surface area contributed by atoms with Gasteiger partial charge in [-0.05, 0) is 36.3 Å². The average molecular weight is 515 g/mol. The van der Waals surface area contributed by atoms with Crippen molar-refractivity contribution in [3.63, 3.8) is 0 Å². The van der Waals surface area contributed by atoms with Crippen molar-refractivity contribution in [1.29, 1.82) is 0 Å². The van der Waals surface area contributed by atoms with Gasteiger partial charge in [-0.25, -0.2) is 4.98 Å². The van der Waals surface area contributed by atoms with E-state index >= 15 is 0 Å². The zero-order valence-electron chi connectivity index (χ0n) is 21.2. The largest absolute Gasteiger partial charge is 0.481 e. The molecule has 3 amide bonds. The van der Waals surface area contributed by atoms with Crippen LogP contribution in [-0.2, 0) is 25.7 Å². The molecule has 10 heteroatoms. The summed E-state index contributed by atoms with van der Waals surface area (Å²) in [5.74, 6) is -2.13. The van der Waals surface area contributed by atoms with Crippen molar-refractivity contribution in [2.75, 3.05) is 6.54 Å². The number of nitrogens with one attached hydrogen (secondary N) is 2. The number of aryl methyl sites for hydroxylation is 1. The summed E-state index contributed by atoms with van der Waals surface area (Å²) >= 11 is 1.59. The van der Waals surface area contributed by atoms with E-state index in [1.807, 2.05) is 57.5 Å². The standard InChI is InChI=1S/C26H34N4O5S/c1-16-22(36-15-28-16)18-9-7-17(8-10-18)14-27-24(34)19-6-5-13-30(19)25(35)23(26(2,3)4)29-20(31)11-12-21(32)33/h7-10,15,19,23H,5-6,11-14H2,1-4H3,(H,27,34)(H,29,31)(H,32,33). The molecule has 1 fully saturated rings. The molecular formula is C26H34N4O5S. The highest BCUT2D eigenvalue weighted by molar-refractivity contribution is 7.13. The van der Waals surface area contributed by atoms with Gasteiger partial charge in [-0.1, -0.05) is 45.0 Å². The van der Waals surface area contributed by atoms with Crippen molar-refractivity contribution < 1.29 is 24.3 Å². The zero-order valence-corrected chi connectivity index (χ0v) is 22.0. The fourth-order valence-electron chi connectivity index (χ4n) is 4.23. The van der Waals surface area contributed by atoms with Crippen LogP contribution in [0, 0.1) is 12.3 Å². The van der Waals surface area contributed by atoms with Crippen LogP contribution in [0.3, 0.4) is 0 Å². The molecule has 1 aromatic heterocycles. The van der Waals surface area contributed by atoms with E-state index in [2.05, 4.69) is 15.6 Å². The molecule has 0 saturated carbocycles. The third-order valence-electron chi connectivity index (χ3n) is 6.25.